The molecule has 0 aliphatic rings. The van der Waals surface area contributed by atoms with E-state index >= 15 is 0 Å². The summed E-state index contributed by atoms with van der Waals surface area (Å²) < 4.78 is 37.5. The van der Waals surface area contributed by atoms with Crippen LogP contribution in [0.3, 0.4) is 0 Å². The molecule has 2 aromatic rings. The number of alkyl halides is 2. The topological polar surface area (TPSA) is 133 Å². The number of nitrogens with zero attached hydrogens (tertiary/aromatic N) is 4. The van der Waals surface area contributed by atoms with Crippen molar-refractivity contribution in [1.82, 2.24) is 14.8 Å². The highest BCUT2D eigenvalue weighted by Gasteiger charge is 2.20. The SMILES string of the molecule is CCOc1ccc(-c2nnc(SC(F)F)n2CCC(=O)OCC(=O)/C(C#N)=C(\C)N)cc1. The van der Waals surface area contributed by atoms with E-state index in [4.69, 9.17) is 20.5 Å². The Morgan fingerprint density at radius 3 is 2.53 bits per heavy atom. The summed E-state index contributed by atoms with van der Waals surface area (Å²) in [5.74, 6) is -3.30. The van der Waals surface area contributed by atoms with E-state index in [9.17, 15) is 18.4 Å². The Balaban J connectivity index is 2.13. The number of ketones is 1. The van der Waals surface area contributed by atoms with Crippen molar-refractivity contribution in [2.24, 2.45) is 5.73 Å². The molecule has 0 saturated heterocycles. The minimum atomic E-state index is -2.73. The molecule has 1 aromatic heterocycles. The maximum atomic E-state index is 12.9. The van der Waals surface area contributed by atoms with Crippen LogP contribution in [-0.2, 0) is 20.9 Å². The predicted octanol–water partition coefficient (Wildman–Crippen LogP) is 2.92. The normalized spacial score (nSPS) is 11.6. The fourth-order valence-electron chi connectivity index (χ4n) is 2.60. The molecule has 0 amide bonds. The van der Waals surface area contributed by atoms with E-state index in [2.05, 4.69) is 10.2 Å². The summed E-state index contributed by atoms with van der Waals surface area (Å²) in [6.45, 7) is 3.01. The van der Waals surface area contributed by atoms with Gasteiger partial charge in [-0.15, -0.1) is 10.2 Å². The summed E-state index contributed by atoms with van der Waals surface area (Å²) in [5, 5.41) is 16.6. The standard InChI is InChI=1S/C20H21F2N5O4S/c1-3-30-14-6-4-13(5-7-14)18-25-26-20(32-19(21)22)27(18)9-8-17(29)31-11-16(28)15(10-23)12(2)24/h4-7,19H,3,8-9,11,24H2,1-2H3/b15-12+. The van der Waals surface area contributed by atoms with Crippen molar-refractivity contribution < 1.29 is 27.8 Å². The molecule has 2 N–H and O–H groups in total. The van der Waals surface area contributed by atoms with Crippen LogP contribution in [0.2, 0.25) is 0 Å². The van der Waals surface area contributed by atoms with Crippen molar-refractivity contribution in [3.63, 3.8) is 0 Å². The highest BCUT2D eigenvalue weighted by molar-refractivity contribution is 7.99. The zero-order chi connectivity index (χ0) is 23.7. The summed E-state index contributed by atoms with van der Waals surface area (Å²) in [6.07, 6.45) is -0.237. The molecule has 1 aromatic carbocycles. The fraction of sp³-hybridized carbons (Fsp3) is 0.350. The molecule has 1 heterocycles. The van der Waals surface area contributed by atoms with Crippen molar-refractivity contribution in [2.45, 2.75) is 37.7 Å². The largest absolute Gasteiger partial charge is 0.494 e. The Labute approximate surface area is 187 Å². The molecule has 2 rings (SSSR count). The van der Waals surface area contributed by atoms with Gasteiger partial charge in [0.25, 0.3) is 5.76 Å². The van der Waals surface area contributed by atoms with Crippen molar-refractivity contribution in [2.75, 3.05) is 13.2 Å². The van der Waals surface area contributed by atoms with E-state index in [1.807, 2.05) is 6.92 Å². The van der Waals surface area contributed by atoms with Gasteiger partial charge in [0.05, 0.1) is 13.0 Å². The molecule has 12 heteroatoms. The van der Waals surface area contributed by atoms with Gasteiger partial charge in [-0.25, -0.2) is 0 Å². The van der Waals surface area contributed by atoms with Gasteiger partial charge in [0, 0.05) is 17.8 Å². The Morgan fingerprint density at radius 2 is 1.97 bits per heavy atom. The molecule has 0 aliphatic carbocycles. The molecule has 0 aliphatic heterocycles. The van der Waals surface area contributed by atoms with Crippen LogP contribution in [-0.4, -0.2) is 45.5 Å². The molecule has 0 saturated carbocycles. The van der Waals surface area contributed by atoms with E-state index in [0.29, 0.717) is 17.9 Å². The van der Waals surface area contributed by atoms with Crippen LogP contribution in [0.25, 0.3) is 11.4 Å². The predicted molar refractivity (Wildman–Crippen MR) is 112 cm³/mol. The van der Waals surface area contributed by atoms with E-state index in [-0.39, 0.29) is 47.0 Å². The molecule has 0 fully saturated rings. The summed E-state index contributed by atoms with van der Waals surface area (Å²) in [7, 11) is 0. The Kier molecular flexibility index (Phi) is 9.15. The number of hydrogen-bond donors (Lipinski definition) is 1. The number of allylic oxidation sites excluding steroid dienone is 1. The number of halogens is 2. The first kappa shape index (κ1) is 24.8. The first-order chi connectivity index (χ1) is 15.3. The Bertz CT molecular complexity index is 1030. The third-order valence-electron chi connectivity index (χ3n) is 4.02. The highest BCUT2D eigenvalue weighted by atomic mass is 32.2. The molecule has 0 unspecified atom stereocenters. The van der Waals surface area contributed by atoms with Crippen LogP contribution in [0, 0.1) is 11.3 Å². The second kappa shape index (κ2) is 11.8. The number of hydrogen-bond acceptors (Lipinski definition) is 9. The van der Waals surface area contributed by atoms with E-state index in [0.717, 1.165) is 0 Å². The van der Waals surface area contributed by atoms with Crippen LogP contribution < -0.4 is 10.5 Å². The third-order valence-corrected chi connectivity index (χ3v) is 4.71. The highest BCUT2D eigenvalue weighted by Crippen LogP contribution is 2.29. The number of carbonyl (C=O) groups excluding carboxylic acids is 2. The van der Waals surface area contributed by atoms with Crippen molar-refractivity contribution >= 4 is 23.5 Å². The van der Waals surface area contributed by atoms with E-state index in [1.165, 1.54) is 11.5 Å². The minimum absolute atomic E-state index is 0.0201. The number of carbonyl (C=O) groups is 2. The van der Waals surface area contributed by atoms with Gasteiger partial charge in [-0.1, -0.05) is 0 Å². The molecule has 0 bridgehead atoms. The van der Waals surface area contributed by atoms with Gasteiger partial charge in [-0.3, -0.25) is 9.59 Å². The Hall–Kier alpha value is -3.46. The average Bonchev–Trinajstić information content (AvgIpc) is 3.13. The van der Waals surface area contributed by atoms with Gasteiger partial charge in [-0.05, 0) is 49.9 Å². The van der Waals surface area contributed by atoms with Gasteiger partial charge >= 0.3 is 5.97 Å². The lowest BCUT2D eigenvalue weighted by molar-refractivity contribution is -0.147. The van der Waals surface area contributed by atoms with Crippen molar-refractivity contribution in [1.29, 1.82) is 5.26 Å². The molecular formula is C20H21F2N5O4S. The second-order valence-corrected chi connectivity index (χ2v) is 7.25. The first-order valence-electron chi connectivity index (χ1n) is 9.43. The smallest absolute Gasteiger partial charge is 0.308 e. The van der Waals surface area contributed by atoms with Crippen molar-refractivity contribution in [3.05, 3.63) is 35.5 Å². The first-order valence-corrected chi connectivity index (χ1v) is 10.3. The lowest BCUT2D eigenvalue weighted by Gasteiger charge is -2.11. The maximum absolute atomic E-state index is 12.9. The van der Waals surface area contributed by atoms with Gasteiger partial charge in [0.15, 0.2) is 17.6 Å². The number of nitrogens with two attached hydrogens (primary N) is 1. The number of benzene rings is 1. The van der Waals surface area contributed by atoms with Gasteiger partial charge in [-0.2, -0.15) is 14.0 Å². The molecule has 0 spiro atoms. The molecule has 0 atom stereocenters. The average molecular weight is 465 g/mol. The summed E-state index contributed by atoms with van der Waals surface area (Å²) in [5.41, 5.74) is 5.76. The zero-order valence-electron chi connectivity index (χ0n) is 17.4. The lowest BCUT2D eigenvalue weighted by Crippen LogP contribution is -2.18. The number of thioether (sulfide) groups is 1. The van der Waals surface area contributed by atoms with Crippen LogP contribution in [0.1, 0.15) is 20.3 Å². The number of nitriles is 1. The van der Waals surface area contributed by atoms with Gasteiger partial charge < -0.3 is 19.8 Å². The quantitative estimate of drug-likeness (QED) is 0.230. The Morgan fingerprint density at radius 1 is 1.28 bits per heavy atom. The van der Waals surface area contributed by atoms with Crippen LogP contribution in [0.5, 0.6) is 5.75 Å². The number of esters is 1. The van der Waals surface area contributed by atoms with Crippen LogP contribution in [0.15, 0.2) is 40.7 Å². The zero-order valence-corrected chi connectivity index (χ0v) is 18.2. The molecular weight excluding hydrogens is 444 g/mol. The van der Waals surface area contributed by atoms with Gasteiger partial charge in [0.2, 0.25) is 5.78 Å². The number of rotatable bonds is 11. The molecule has 170 valence electrons. The lowest BCUT2D eigenvalue weighted by atomic mass is 10.1. The summed E-state index contributed by atoms with van der Waals surface area (Å²) >= 11 is 0.201. The fourth-order valence-corrected chi connectivity index (χ4v) is 3.15. The van der Waals surface area contributed by atoms with E-state index in [1.54, 1.807) is 30.3 Å². The summed E-state index contributed by atoms with van der Waals surface area (Å²) in [4.78, 5) is 24.0. The van der Waals surface area contributed by atoms with Crippen LogP contribution in [0.4, 0.5) is 8.78 Å². The third kappa shape index (κ3) is 6.78. The molecule has 32 heavy (non-hydrogen) atoms. The molecule has 0 radical (unpaired) electrons. The van der Waals surface area contributed by atoms with Crippen molar-refractivity contribution in [3.8, 4) is 23.2 Å². The van der Waals surface area contributed by atoms with Crippen LogP contribution >= 0.6 is 11.8 Å². The monoisotopic (exact) mass is 465 g/mol. The molecule has 9 nitrogen and oxygen atoms in total. The summed E-state index contributed by atoms with van der Waals surface area (Å²) in [6, 6.07) is 8.46. The minimum Gasteiger partial charge on any atom is -0.494 e. The number of ether oxygens (including phenoxy) is 2. The van der Waals surface area contributed by atoms with E-state index < -0.39 is 24.1 Å². The van der Waals surface area contributed by atoms with Gasteiger partial charge in [0.1, 0.15) is 17.4 Å². The number of Topliss-reactive ketones (excluding diaryl/α,β-unsaturated/α-hetero) is 1. The second-order valence-electron chi connectivity index (χ2n) is 6.30. The maximum Gasteiger partial charge on any atom is 0.308 e. The number of aromatic nitrogens is 3.